The quantitative estimate of drug-likeness (QED) is 0.629. The van der Waals surface area contributed by atoms with Crippen molar-refractivity contribution in [2.24, 2.45) is 0 Å². The van der Waals surface area contributed by atoms with E-state index in [9.17, 15) is 13.2 Å². The van der Waals surface area contributed by atoms with Gasteiger partial charge in [-0.25, -0.2) is 13.2 Å². The van der Waals surface area contributed by atoms with Crippen molar-refractivity contribution in [3.63, 3.8) is 0 Å². The van der Waals surface area contributed by atoms with Gasteiger partial charge in [0.25, 0.3) is 0 Å². The van der Waals surface area contributed by atoms with E-state index in [0.29, 0.717) is 0 Å². The molecule has 2 rings (SSSR count). The molecule has 2 atom stereocenters. The van der Waals surface area contributed by atoms with Crippen LogP contribution in [-0.2, 0) is 19.6 Å². The minimum absolute atomic E-state index is 0.179. The Morgan fingerprint density at radius 2 is 1.86 bits per heavy atom. The van der Waals surface area contributed by atoms with Gasteiger partial charge in [0, 0.05) is 6.04 Å². The van der Waals surface area contributed by atoms with E-state index in [1.54, 1.807) is 50.3 Å². The lowest BCUT2D eigenvalue weighted by atomic mass is 10.2. The van der Waals surface area contributed by atoms with Crippen LogP contribution in [0.2, 0.25) is 0 Å². The normalized spacial score (nSPS) is 22.4. The predicted molar refractivity (Wildman–Crippen MR) is 79.2 cm³/mol. The fraction of sp³-hybridized carbons (Fsp3) is 0.400. The molecule has 1 heterocycles. The maximum atomic E-state index is 12.8. The Labute approximate surface area is 125 Å². The number of benzene rings is 1. The minimum Gasteiger partial charge on any atom is -0.465 e. The third kappa shape index (κ3) is 3.01. The van der Waals surface area contributed by atoms with Crippen molar-refractivity contribution >= 4 is 16.0 Å². The van der Waals surface area contributed by atoms with E-state index in [4.69, 9.17) is 4.74 Å². The Hall–Kier alpha value is -1.66. The van der Waals surface area contributed by atoms with Crippen LogP contribution in [-0.4, -0.2) is 37.4 Å². The summed E-state index contributed by atoms with van der Waals surface area (Å²) in [5.41, 5.74) is 0.975. The van der Waals surface area contributed by atoms with Crippen molar-refractivity contribution in [1.82, 2.24) is 4.31 Å². The molecule has 6 heteroatoms. The Morgan fingerprint density at radius 3 is 2.43 bits per heavy atom. The van der Waals surface area contributed by atoms with Crippen LogP contribution in [0.3, 0.4) is 0 Å². The number of esters is 1. The molecule has 5 nitrogen and oxygen atoms in total. The Kier molecular flexibility index (Phi) is 4.49. The van der Waals surface area contributed by atoms with Gasteiger partial charge < -0.3 is 4.74 Å². The lowest BCUT2D eigenvalue weighted by Crippen LogP contribution is -2.45. The highest BCUT2D eigenvalue weighted by Crippen LogP contribution is 2.27. The van der Waals surface area contributed by atoms with Crippen molar-refractivity contribution < 1.29 is 17.9 Å². The van der Waals surface area contributed by atoms with Crippen molar-refractivity contribution in [2.75, 3.05) is 6.61 Å². The van der Waals surface area contributed by atoms with E-state index in [2.05, 4.69) is 0 Å². The van der Waals surface area contributed by atoms with Crippen LogP contribution in [0.25, 0.3) is 0 Å². The lowest BCUT2D eigenvalue weighted by molar-refractivity contribution is -0.145. The number of nitrogens with zero attached hydrogens (tertiary/aromatic N) is 1. The van der Waals surface area contributed by atoms with Crippen LogP contribution in [0, 0.1) is 6.92 Å². The number of carbonyl (C=O) groups excluding carboxylic acids is 1. The van der Waals surface area contributed by atoms with Crippen molar-refractivity contribution in [2.45, 2.75) is 37.8 Å². The molecular formula is C15H19NO4S. The van der Waals surface area contributed by atoms with Crippen molar-refractivity contribution in [3.05, 3.63) is 42.0 Å². The summed E-state index contributed by atoms with van der Waals surface area (Å²) < 4.78 is 31.7. The number of ether oxygens (including phenoxy) is 1. The SMILES string of the molecule is CCOC(=O)[C@@H]1C=C[C@H](C)N1S(=O)(=O)c1ccc(C)cc1. The monoisotopic (exact) mass is 309 g/mol. The first-order valence-electron chi connectivity index (χ1n) is 6.83. The van der Waals surface area contributed by atoms with Crippen molar-refractivity contribution in [1.29, 1.82) is 0 Å². The maximum Gasteiger partial charge on any atom is 0.328 e. The number of carbonyl (C=O) groups is 1. The number of aryl methyl sites for hydroxylation is 1. The first kappa shape index (κ1) is 15.7. The van der Waals surface area contributed by atoms with Crippen LogP contribution < -0.4 is 0 Å². The summed E-state index contributed by atoms with van der Waals surface area (Å²) in [6.45, 7) is 5.54. The molecule has 0 unspecified atom stereocenters. The average Bonchev–Trinajstić information content (AvgIpc) is 2.82. The zero-order valence-electron chi connectivity index (χ0n) is 12.3. The molecule has 1 aromatic rings. The predicted octanol–water partition coefficient (Wildman–Crippen LogP) is 1.88. The van der Waals surface area contributed by atoms with Gasteiger partial charge in [-0.05, 0) is 32.9 Å². The highest BCUT2D eigenvalue weighted by atomic mass is 32.2. The maximum absolute atomic E-state index is 12.8. The van der Waals surface area contributed by atoms with Gasteiger partial charge in [-0.15, -0.1) is 0 Å². The smallest absolute Gasteiger partial charge is 0.328 e. The fourth-order valence-electron chi connectivity index (χ4n) is 2.30. The second-order valence-electron chi connectivity index (χ2n) is 4.97. The van der Waals surface area contributed by atoms with E-state index in [1.807, 2.05) is 6.92 Å². The fourth-order valence-corrected chi connectivity index (χ4v) is 3.99. The summed E-state index contributed by atoms with van der Waals surface area (Å²) >= 11 is 0. The molecule has 1 aliphatic heterocycles. The van der Waals surface area contributed by atoms with Gasteiger partial charge in [0.2, 0.25) is 10.0 Å². The molecular weight excluding hydrogens is 290 g/mol. The molecule has 0 radical (unpaired) electrons. The van der Waals surface area contributed by atoms with E-state index >= 15 is 0 Å². The molecule has 21 heavy (non-hydrogen) atoms. The van der Waals surface area contributed by atoms with E-state index in [0.717, 1.165) is 5.56 Å². The van der Waals surface area contributed by atoms with Gasteiger partial charge in [0.05, 0.1) is 11.5 Å². The molecule has 0 aliphatic carbocycles. The molecule has 114 valence electrons. The minimum atomic E-state index is -3.75. The van der Waals surface area contributed by atoms with Crippen LogP contribution >= 0.6 is 0 Å². The summed E-state index contributed by atoms with van der Waals surface area (Å²) in [7, 11) is -3.75. The van der Waals surface area contributed by atoms with Gasteiger partial charge in [-0.2, -0.15) is 4.31 Å². The van der Waals surface area contributed by atoms with Crippen LogP contribution in [0.4, 0.5) is 0 Å². The summed E-state index contributed by atoms with van der Waals surface area (Å²) in [6.07, 6.45) is 3.28. The van der Waals surface area contributed by atoms with Gasteiger partial charge >= 0.3 is 5.97 Å². The Balaban J connectivity index is 2.37. The van der Waals surface area contributed by atoms with Crippen LogP contribution in [0.1, 0.15) is 19.4 Å². The Bertz CT molecular complexity index is 649. The van der Waals surface area contributed by atoms with E-state index < -0.39 is 22.0 Å². The van der Waals surface area contributed by atoms with Gasteiger partial charge in [-0.1, -0.05) is 29.8 Å². The second-order valence-corrected chi connectivity index (χ2v) is 6.81. The summed E-state index contributed by atoms with van der Waals surface area (Å²) in [5.74, 6) is -0.547. The zero-order chi connectivity index (χ0) is 15.6. The lowest BCUT2D eigenvalue weighted by Gasteiger charge is -2.26. The molecule has 1 aromatic carbocycles. The number of rotatable bonds is 4. The topological polar surface area (TPSA) is 63.7 Å². The first-order valence-corrected chi connectivity index (χ1v) is 8.27. The highest BCUT2D eigenvalue weighted by molar-refractivity contribution is 7.89. The summed E-state index contributed by atoms with van der Waals surface area (Å²) in [5, 5.41) is 0. The molecule has 0 fully saturated rings. The standard InChI is InChI=1S/C15H19NO4S/c1-4-20-15(17)14-10-7-12(3)16(14)21(18,19)13-8-5-11(2)6-9-13/h5-10,12,14H,4H2,1-3H3/t12-,14-/m0/s1. The number of sulfonamides is 1. The average molecular weight is 309 g/mol. The summed E-state index contributed by atoms with van der Waals surface area (Å²) in [6, 6.07) is 5.30. The molecule has 0 saturated carbocycles. The molecule has 0 saturated heterocycles. The number of hydrogen-bond acceptors (Lipinski definition) is 4. The van der Waals surface area contributed by atoms with Crippen LogP contribution in [0.5, 0.6) is 0 Å². The third-order valence-electron chi connectivity index (χ3n) is 3.37. The molecule has 0 amide bonds. The van der Waals surface area contributed by atoms with Gasteiger partial charge in [0.1, 0.15) is 6.04 Å². The first-order chi connectivity index (χ1) is 9.87. The molecule has 0 spiro atoms. The largest absolute Gasteiger partial charge is 0.465 e. The molecule has 1 aliphatic rings. The molecule has 0 bridgehead atoms. The van der Waals surface area contributed by atoms with Crippen molar-refractivity contribution in [3.8, 4) is 0 Å². The summed E-state index contributed by atoms with van der Waals surface area (Å²) in [4.78, 5) is 12.1. The van der Waals surface area contributed by atoms with Gasteiger partial charge in [0.15, 0.2) is 0 Å². The van der Waals surface area contributed by atoms with E-state index in [-0.39, 0.29) is 17.5 Å². The van der Waals surface area contributed by atoms with E-state index in [1.165, 1.54) is 4.31 Å². The second kappa shape index (κ2) is 5.99. The van der Waals surface area contributed by atoms with Crippen LogP contribution in [0.15, 0.2) is 41.3 Å². The van der Waals surface area contributed by atoms with Gasteiger partial charge in [-0.3, -0.25) is 0 Å². The Morgan fingerprint density at radius 1 is 1.24 bits per heavy atom. The zero-order valence-corrected chi connectivity index (χ0v) is 13.1. The highest BCUT2D eigenvalue weighted by Gasteiger charge is 2.41. The number of hydrogen-bond donors (Lipinski definition) is 0. The third-order valence-corrected chi connectivity index (χ3v) is 5.35. The molecule has 0 N–H and O–H groups in total. The molecule has 0 aromatic heterocycles.